The number of nitrogens with one attached hydrogen (secondary N) is 2. The van der Waals surface area contributed by atoms with Crippen molar-refractivity contribution in [1.82, 2.24) is 19.4 Å². The molecule has 0 radical (unpaired) electrons. The van der Waals surface area contributed by atoms with E-state index in [4.69, 9.17) is 4.74 Å². The third kappa shape index (κ3) is 6.10. The highest BCUT2D eigenvalue weighted by Gasteiger charge is 2.36. The zero-order chi connectivity index (χ0) is 24.8. The molecule has 0 spiro atoms. The first kappa shape index (κ1) is 24.1. The number of carbonyl (C=O) groups is 1. The Morgan fingerprint density at radius 1 is 1.09 bits per heavy atom. The van der Waals surface area contributed by atoms with Crippen molar-refractivity contribution in [3.8, 4) is 0 Å². The lowest BCUT2D eigenvalue weighted by Gasteiger charge is -2.24. The second-order valence-corrected chi connectivity index (χ2v) is 9.01. The third-order valence-corrected chi connectivity index (χ3v) is 5.86. The second kappa shape index (κ2) is 10.5. The van der Waals surface area contributed by atoms with Crippen LogP contribution >= 0.6 is 0 Å². The fraction of sp³-hybridized carbons (Fsp3) is 0.259. The van der Waals surface area contributed by atoms with Crippen molar-refractivity contribution in [2.45, 2.75) is 32.2 Å². The van der Waals surface area contributed by atoms with Gasteiger partial charge in [0.2, 0.25) is 5.95 Å². The van der Waals surface area contributed by atoms with Gasteiger partial charge in [0.15, 0.2) is 0 Å². The molecule has 0 saturated heterocycles. The van der Waals surface area contributed by atoms with Crippen molar-refractivity contribution in [1.29, 1.82) is 0 Å². The highest BCUT2D eigenvalue weighted by atomic mass is 16.6. The number of amides is 1. The maximum absolute atomic E-state index is 12.9. The lowest BCUT2D eigenvalue weighted by atomic mass is 9.98. The molecule has 8 heteroatoms. The van der Waals surface area contributed by atoms with Crippen LogP contribution in [0.25, 0.3) is 0 Å². The number of allylic oxidation sites excluding steroid dienone is 3. The molecule has 2 N–H and O–H groups in total. The lowest BCUT2D eigenvalue weighted by Crippen LogP contribution is -2.49. The molecule has 35 heavy (non-hydrogen) atoms. The summed E-state index contributed by atoms with van der Waals surface area (Å²) in [6.45, 7) is 2.05. The van der Waals surface area contributed by atoms with Crippen LogP contribution in [-0.2, 0) is 11.2 Å². The van der Waals surface area contributed by atoms with Crippen molar-refractivity contribution < 1.29 is 9.53 Å². The van der Waals surface area contributed by atoms with Crippen LogP contribution in [0.1, 0.15) is 35.6 Å². The first-order valence-corrected chi connectivity index (χ1v) is 11.6. The minimum atomic E-state index is -0.601. The molecule has 180 valence electrons. The summed E-state index contributed by atoms with van der Waals surface area (Å²) < 4.78 is 5.12. The van der Waals surface area contributed by atoms with E-state index in [0.29, 0.717) is 12.2 Å². The van der Waals surface area contributed by atoms with Crippen LogP contribution in [0, 0.1) is 6.92 Å². The van der Waals surface area contributed by atoms with Gasteiger partial charge < -0.3 is 10.1 Å². The minimum Gasteiger partial charge on any atom is -0.381 e. The molecule has 4 rings (SSSR count). The molecule has 0 aliphatic heterocycles. The van der Waals surface area contributed by atoms with E-state index in [1.807, 2.05) is 42.5 Å². The Bertz CT molecular complexity index is 1290. The molecule has 1 aliphatic rings. The van der Waals surface area contributed by atoms with Gasteiger partial charge in [-0.2, -0.15) is 14.3 Å². The molecule has 0 saturated carbocycles. The van der Waals surface area contributed by atoms with Gasteiger partial charge in [-0.15, -0.1) is 4.98 Å². The zero-order valence-electron chi connectivity index (χ0n) is 20.2. The third-order valence-electron chi connectivity index (χ3n) is 5.86. The minimum absolute atomic E-state index is 0.125. The number of ether oxygens (including phenoxy) is 1. The summed E-state index contributed by atoms with van der Waals surface area (Å²) in [6, 6.07) is 18.0. The summed E-state index contributed by atoms with van der Waals surface area (Å²) in [6.07, 6.45) is 7.41. The predicted octanol–water partition coefficient (Wildman–Crippen LogP) is 4.81. The molecule has 1 unspecified atom stereocenters. The molecular weight excluding hydrogens is 442 g/mol. The number of anilines is 1. The Morgan fingerprint density at radius 3 is 2.51 bits per heavy atom. The maximum Gasteiger partial charge on any atom is 0.528 e. The Labute approximate surface area is 204 Å². The molecule has 1 aromatic heterocycles. The van der Waals surface area contributed by atoms with E-state index in [0.717, 1.165) is 24.0 Å². The molecule has 1 amide bonds. The number of rotatable bonds is 7. The molecule has 3 aromatic rings. The van der Waals surface area contributed by atoms with Gasteiger partial charge >= 0.3 is 17.7 Å². The Kier molecular flexibility index (Phi) is 7.22. The van der Waals surface area contributed by atoms with Crippen LogP contribution in [0.5, 0.6) is 0 Å². The number of nitrogens with zero attached hydrogens (tertiary/aromatic N) is 3. The number of aryl methyl sites for hydroxylation is 1. The van der Waals surface area contributed by atoms with E-state index in [-0.39, 0.29) is 17.9 Å². The molecule has 0 bridgehead atoms. The summed E-state index contributed by atoms with van der Waals surface area (Å²) in [7, 11) is 3.22. The zero-order valence-corrected chi connectivity index (χ0v) is 20.2. The summed E-state index contributed by atoms with van der Waals surface area (Å²) in [5.74, 6) is 0.755. The summed E-state index contributed by atoms with van der Waals surface area (Å²) in [5.41, 5.74) is 2.75. The molecule has 1 heterocycles. The molecule has 2 aromatic carbocycles. The van der Waals surface area contributed by atoms with Crippen molar-refractivity contribution >= 4 is 18.0 Å². The molecule has 8 nitrogen and oxygen atoms in total. The number of benzene rings is 2. The standard InChI is InChI=1S/C27H29N5O3/c1-19-14-16-20(17-15-19)18-23(21-10-6-4-7-11-21)28-24-29-25(31-26(33)30-24)32(2,3)27(34)35-22-12-8-5-9-13-22/h4,6-8,10-17,23H,5,9,18H2,1-3H3,(H-,28,29,30,31,33)/p+1. The topological polar surface area (TPSA) is 97.0 Å². The van der Waals surface area contributed by atoms with E-state index >= 15 is 0 Å². The normalized spacial score (nSPS) is 14.2. The second-order valence-electron chi connectivity index (χ2n) is 9.01. The highest BCUT2D eigenvalue weighted by molar-refractivity contribution is 5.80. The van der Waals surface area contributed by atoms with Crippen molar-refractivity contribution in [3.05, 3.63) is 106 Å². The quantitative estimate of drug-likeness (QED) is 0.479. The molecular formula is C27H30N5O3+. The average Bonchev–Trinajstić information content (AvgIpc) is 2.86. The van der Waals surface area contributed by atoms with Gasteiger partial charge in [-0.3, -0.25) is 0 Å². The molecule has 1 aliphatic carbocycles. The van der Waals surface area contributed by atoms with E-state index in [1.165, 1.54) is 5.56 Å². The molecule has 0 fully saturated rings. The fourth-order valence-corrected chi connectivity index (χ4v) is 3.72. The largest absolute Gasteiger partial charge is 0.528 e. The SMILES string of the molecule is Cc1ccc(CC(Nc2nc([N+](C)(C)C(=O)OC3=CCCC=C3)[nH]c(=O)n2)c2ccccc2)cc1. The van der Waals surface area contributed by atoms with Crippen LogP contribution in [0.2, 0.25) is 0 Å². The Morgan fingerprint density at radius 2 is 1.83 bits per heavy atom. The van der Waals surface area contributed by atoms with Gasteiger partial charge in [-0.05, 0) is 49.5 Å². The smallest absolute Gasteiger partial charge is 0.381 e. The number of carbonyl (C=O) groups excluding carboxylic acids is 1. The first-order valence-electron chi connectivity index (χ1n) is 11.6. The van der Waals surface area contributed by atoms with Crippen LogP contribution in [0.15, 0.2) is 83.4 Å². The number of H-pyrrole nitrogens is 1. The lowest BCUT2D eigenvalue weighted by molar-refractivity contribution is 0.147. The van der Waals surface area contributed by atoms with Gasteiger partial charge in [-0.1, -0.05) is 66.2 Å². The maximum atomic E-state index is 12.9. The fourth-order valence-electron chi connectivity index (χ4n) is 3.72. The van der Waals surface area contributed by atoms with E-state index in [1.54, 1.807) is 20.2 Å². The van der Waals surface area contributed by atoms with Crippen molar-refractivity contribution in [2.24, 2.45) is 0 Å². The van der Waals surface area contributed by atoms with Crippen LogP contribution in [0.3, 0.4) is 0 Å². The first-order chi connectivity index (χ1) is 16.8. The van der Waals surface area contributed by atoms with E-state index in [2.05, 4.69) is 51.5 Å². The predicted molar refractivity (Wildman–Crippen MR) is 137 cm³/mol. The van der Waals surface area contributed by atoms with Crippen LogP contribution in [0.4, 0.5) is 16.7 Å². The number of aromatic amines is 1. The van der Waals surface area contributed by atoms with Crippen molar-refractivity contribution in [2.75, 3.05) is 19.4 Å². The van der Waals surface area contributed by atoms with Crippen LogP contribution < -0.4 is 15.5 Å². The summed E-state index contributed by atoms with van der Waals surface area (Å²) >= 11 is 0. The Balaban J connectivity index is 1.60. The summed E-state index contributed by atoms with van der Waals surface area (Å²) in [5, 5.41) is 3.31. The van der Waals surface area contributed by atoms with Gasteiger partial charge in [0, 0.05) is 0 Å². The van der Waals surface area contributed by atoms with E-state index < -0.39 is 16.3 Å². The van der Waals surface area contributed by atoms with Gasteiger partial charge in [0.1, 0.15) is 5.76 Å². The number of quaternary nitrogens is 1. The molecule has 1 atom stereocenters. The van der Waals surface area contributed by atoms with Crippen molar-refractivity contribution in [3.63, 3.8) is 0 Å². The number of aromatic nitrogens is 3. The monoisotopic (exact) mass is 472 g/mol. The van der Waals surface area contributed by atoms with Gasteiger partial charge in [0.05, 0.1) is 20.1 Å². The van der Waals surface area contributed by atoms with Gasteiger partial charge in [0.25, 0.3) is 0 Å². The van der Waals surface area contributed by atoms with Gasteiger partial charge in [-0.25, -0.2) is 9.78 Å². The summed E-state index contributed by atoms with van der Waals surface area (Å²) in [4.78, 5) is 36.5. The van der Waals surface area contributed by atoms with Crippen LogP contribution in [-0.4, -0.2) is 35.1 Å². The Hall–Kier alpha value is -4.04. The average molecular weight is 473 g/mol. The number of hydrogen-bond donors (Lipinski definition) is 2. The highest BCUT2D eigenvalue weighted by Crippen LogP contribution is 2.24. The number of hydrogen-bond acceptors (Lipinski definition) is 6. The van der Waals surface area contributed by atoms with E-state index in [9.17, 15) is 9.59 Å².